The van der Waals surface area contributed by atoms with Crippen LogP contribution in [0.2, 0.25) is 0 Å². The third-order valence-electron chi connectivity index (χ3n) is 2.51. The Bertz CT molecular complexity index is 569. The van der Waals surface area contributed by atoms with E-state index in [-0.39, 0.29) is 0 Å². The molecule has 0 fully saturated rings. The number of hydrogen-bond acceptors (Lipinski definition) is 3. The van der Waals surface area contributed by atoms with Gasteiger partial charge in [0.2, 0.25) is 0 Å². The molecule has 1 N–H and O–H groups in total. The van der Waals surface area contributed by atoms with Gasteiger partial charge in [0, 0.05) is 0 Å². The average molecular weight is 230 g/mol. The first-order chi connectivity index (χ1) is 8.20. The van der Waals surface area contributed by atoms with Crippen LogP contribution in [0.3, 0.4) is 0 Å². The minimum absolute atomic E-state index is 0.308. The van der Waals surface area contributed by atoms with Crippen LogP contribution in [0.5, 0.6) is 0 Å². The summed E-state index contributed by atoms with van der Waals surface area (Å²) in [5.74, 6) is 0.335. The average Bonchev–Trinajstić information content (AvgIpc) is 2.73. The fourth-order valence-electron chi connectivity index (χ4n) is 1.49. The first kappa shape index (κ1) is 11.2. The van der Waals surface area contributed by atoms with E-state index in [1.807, 2.05) is 19.1 Å². The van der Waals surface area contributed by atoms with Gasteiger partial charge >= 0.3 is 0 Å². The molecule has 0 aliphatic rings. The van der Waals surface area contributed by atoms with Crippen molar-refractivity contribution in [3.8, 4) is 6.07 Å². The van der Waals surface area contributed by atoms with Crippen LogP contribution in [0, 0.1) is 24.1 Å². The van der Waals surface area contributed by atoms with Gasteiger partial charge in [0.25, 0.3) is 0 Å². The molecule has 0 saturated carbocycles. The monoisotopic (exact) mass is 230 g/mol. The summed E-state index contributed by atoms with van der Waals surface area (Å²) in [5, 5.41) is 11.5. The zero-order valence-corrected chi connectivity index (χ0v) is 9.33. The molecule has 0 saturated heterocycles. The smallest absolute Gasteiger partial charge is 0.147 e. The van der Waals surface area contributed by atoms with Crippen molar-refractivity contribution in [2.24, 2.45) is 0 Å². The minimum Gasteiger partial charge on any atom is -0.467 e. The predicted octanol–water partition coefficient (Wildman–Crippen LogP) is 3.21. The van der Waals surface area contributed by atoms with Crippen molar-refractivity contribution in [2.45, 2.75) is 13.5 Å². The van der Waals surface area contributed by atoms with E-state index in [0.717, 1.165) is 11.3 Å². The van der Waals surface area contributed by atoms with Gasteiger partial charge in [-0.3, -0.25) is 0 Å². The number of nitrogens with one attached hydrogen (secondary N) is 1. The fraction of sp³-hybridized carbons (Fsp3) is 0.154. The number of furan rings is 1. The van der Waals surface area contributed by atoms with Crippen LogP contribution in [0.4, 0.5) is 10.1 Å². The Morgan fingerprint density at radius 1 is 1.41 bits per heavy atom. The lowest BCUT2D eigenvalue weighted by atomic mass is 10.2. The van der Waals surface area contributed by atoms with E-state index in [2.05, 4.69) is 5.32 Å². The van der Waals surface area contributed by atoms with E-state index < -0.39 is 5.82 Å². The van der Waals surface area contributed by atoms with Crippen molar-refractivity contribution in [3.05, 3.63) is 53.2 Å². The SMILES string of the molecule is Cc1ccoc1CNc1ccc(C#N)cc1F. The molecule has 0 amide bonds. The van der Waals surface area contributed by atoms with Gasteiger partial charge in [0.15, 0.2) is 0 Å². The van der Waals surface area contributed by atoms with Crippen molar-refractivity contribution in [3.63, 3.8) is 0 Å². The van der Waals surface area contributed by atoms with Crippen molar-refractivity contribution < 1.29 is 8.81 Å². The zero-order valence-electron chi connectivity index (χ0n) is 9.33. The molecule has 1 aromatic carbocycles. The Morgan fingerprint density at radius 2 is 2.24 bits per heavy atom. The van der Waals surface area contributed by atoms with E-state index >= 15 is 0 Å². The van der Waals surface area contributed by atoms with Crippen LogP contribution in [-0.4, -0.2) is 0 Å². The molecule has 4 heteroatoms. The number of hydrogen-bond donors (Lipinski definition) is 1. The molecule has 3 nitrogen and oxygen atoms in total. The minimum atomic E-state index is -0.437. The standard InChI is InChI=1S/C13H11FN2O/c1-9-4-5-17-13(9)8-16-12-3-2-10(7-15)6-11(12)14/h2-6,16H,8H2,1H3. The first-order valence-electron chi connectivity index (χ1n) is 5.17. The quantitative estimate of drug-likeness (QED) is 0.880. The Morgan fingerprint density at radius 3 is 2.82 bits per heavy atom. The lowest BCUT2D eigenvalue weighted by Crippen LogP contribution is -2.01. The predicted molar refractivity (Wildman–Crippen MR) is 61.9 cm³/mol. The third-order valence-corrected chi connectivity index (χ3v) is 2.51. The summed E-state index contributed by atoms with van der Waals surface area (Å²) in [6.07, 6.45) is 1.60. The Kier molecular flexibility index (Phi) is 3.10. The molecule has 0 spiro atoms. The first-order valence-corrected chi connectivity index (χ1v) is 5.17. The normalized spacial score (nSPS) is 9.94. The third kappa shape index (κ3) is 2.45. The van der Waals surface area contributed by atoms with Crippen molar-refractivity contribution >= 4 is 5.69 Å². The molecule has 0 radical (unpaired) electrons. The molecule has 1 aromatic heterocycles. The molecule has 2 aromatic rings. The molecule has 0 bridgehead atoms. The molecule has 17 heavy (non-hydrogen) atoms. The van der Waals surface area contributed by atoms with Crippen LogP contribution in [0.15, 0.2) is 34.9 Å². The number of nitriles is 1. The van der Waals surface area contributed by atoms with Gasteiger partial charge in [-0.05, 0) is 36.8 Å². The van der Waals surface area contributed by atoms with Crippen LogP contribution in [-0.2, 0) is 6.54 Å². The molecule has 0 aliphatic heterocycles. The van der Waals surface area contributed by atoms with Gasteiger partial charge in [-0.1, -0.05) is 0 Å². The zero-order chi connectivity index (χ0) is 12.3. The summed E-state index contributed by atoms with van der Waals surface area (Å²) in [4.78, 5) is 0. The number of rotatable bonds is 3. The summed E-state index contributed by atoms with van der Waals surface area (Å²) in [7, 11) is 0. The highest BCUT2D eigenvalue weighted by Crippen LogP contribution is 2.17. The molecule has 0 aliphatic carbocycles. The largest absolute Gasteiger partial charge is 0.467 e. The summed E-state index contributed by atoms with van der Waals surface area (Å²) in [6, 6.07) is 8.06. The number of nitrogens with zero attached hydrogens (tertiary/aromatic N) is 1. The molecule has 86 valence electrons. The van der Waals surface area contributed by atoms with Gasteiger partial charge in [-0.15, -0.1) is 0 Å². The van der Waals surface area contributed by atoms with E-state index in [9.17, 15) is 4.39 Å². The van der Waals surface area contributed by atoms with Gasteiger partial charge in [-0.2, -0.15) is 5.26 Å². The van der Waals surface area contributed by atoms with Crippen molar-refractivity contribution in [2.75, 3.05) is 5.32 Å². The molecule has 2 rings (SSSR count). The summed E-state index contributed by atoms with van der Waals surface area (Å²) in [5.41, 5.74) is 1.69. The topological polar surface area (TPSA) is 49.0 Å². The molecular formula is C13H11FN2O. The lowest BCUT2D eigenvalue weighted by molar-refractivity contribution is 0.514. The lowest BCUT2D eigenvalue weighted by Gasteiger charge is -2.06. The van der Waals surface area contributed by atoms with E-state index in [1.54, 1.807) is 18.4 Å². The molecular weight excluding hydrogens is 219 g/mol. The molecule has 0 unspecified atom stereocenters. The Hall–Kier alpha value is -2.28. The highest BCUT2D eigenvalue weighted by molar-refractivity contribution is 5.49. The van der Waals surface area contributed by atoms with Gasteiger partial charge in [-0.25, -0.2) is 4.39 Å². The maximum atomic E-state index is 13.5. The van der Waals surface area contributed by atoms with Crippen LogP contribution in [0.25, 0.3) is 0 Å². The van der Waals surface area contributed by atoms with Crippen molar-refractivity contribution in [1.29, 1.82) is 5.26 Å². The number of halogens is 1. The molecule has 1 heterocycles. The Labute approximate surface area is 98.5 Å². The van der Waals surface area contributed by atoms with E-state index in [1.165, 1.54) is 6.07 Å². The van der Waals surface area contributed by atoms with Crippen LogP contribution in [0.1, 0.15) is 16.9 Å². The number of anilines is 1. The fourth-order valence-corrected chi connectivity index (χ4v) is 1.49. The Balaban J connectivity index is 2.10. The summed E-state index contributed by atoms with van der Waals surface area (Å²) in [6.45, 7) is 2.34. The number of benzene rings is 1. The summed E-state index contributed by atoms with van der Waals surface area (Å²) >= 11 is 0. The van der Waals surface area contributed by atoms with Crippen molar-refractivity contribution in [1.82, 2.24) is 0 Å². The molecule has 0 atom stereocenters. The van der Waals surface area contributed by atoms with Gasteiger partial charge in [0.05, 0.1) is 30.1 Å². The second kappa shape index (κ2) is 4.71. The second-order valence-electron chi connectivity index (χ2n) is 3.69. The van der Waals surface area contributed by atoms with Gasteiger partial charge < -0.3 is 9.73 Å². The maximum Gasteiger partial charge on any atom is 0.147 e. The summed E-state index contributed by atoms with van der Waals surface area (Å²) < 4.78 is 18.8. The van der Waals surface area contributed by atoms with Crippen LogP contribution >= 0.6 is 0 Å². The van der Waals surface area contributed by atoms with E-state index in [4.69, 9.17) is 9.68 Å². The van der Waals surface area contributed by atoms with Crippen LogP contribution < -0.4 is 5.32 Å². The number of aryl methyl sites for hydroxylation is 1. The maximum absolute atomic E-state index is 13.5. The highest BCUT2D eigenvalue weighted by Gasteiger charge is 2.05. The van der Waals surface area contributed by atoms with Gasteiger partial charge in [0.1, 0.15) is 11.6 Å². The van der Waals surface area contributed by atoms with E-state index in [0.29, 0.717) is 17.8 Å². The second-order valence-corrected chi connectivity index (χ2v) is 3.69. The highest BCUT2D eigenvalue weighted by atomic mass is 19.1.